The molecular weight excluding hydrogens is 286 g/mol. The molecule has 0 aromatic carbocycles. The topological polar surface area (TPSA) is 61.8 Å². The summed E-state index contributed by atoms with van der Waals surface area (Å²) in [6.45, 7) is 4.95. The summed E-state index contributed by atoms with van der Waals surface area (Å²) < 4.78 is 52.2. The number of hydrazone groups is 1. The molecule has 1 aliphatic heterocycles. The highest BCUT2D eigenvalue weighted by Gasteiger charge is 2.66. The summed E-state index contributed by atoms with van der Waals surface area (Å²) in [6, 6.07) is 0. The lowest BCUT2D eigenvalue weighted by Crippen LogP contribution is -2.62. The minimum Gasteiger partial charge on any atom is -0.375 e. The van der Waals surface area contributed by atoms with Gasteiger partial charge in [-0.25, -0.2) is 13.8 Å². The van der Waals surface area contributed by atoms with Crippen LogP contribution in [0.15, 0.2) is 5.10 Å². The number of nitrogens with zero attached hydrogens (tertiary/aromatic N) is 2. The Balaban J connectivity index is 3.28. The fourth-order valence-corrected chi connectivity index (χ4v) is 1.82. The maximum atomic E-state index is 13.6. The summed E-state index contributed by atoms with van der Waals surface area (Å²) in [7, 11) is 0. The van der Waals surface area contributed by atoms with Gasteiger partial charge in [0.1, 0.15) is 0 Å². The van der Waals surface area contributed by atoms with Gasteiger partial charge < -0.3 is 10.8 Å². The van der Waals surface area contributed by atoms with Crippen LogP contribution >= 0.6 is 12.2 Å². The van der Waals surface area contributed by atoms with Crippen LogP contribution in [0.25, 0.3) is 0 Å². The number of hydrogen-bond donors (Lipinski definition) is 2. The predicted molar refractivity (Wildman–Crippen MR) is 66.0 cm³/mol. The quantitative estimate of drug-likeness (QED) is 0.604. The number of nitrogens with two attached hydrogens (primary N) is 1. The van der Waals surface area contributed by atoms with Crippen molar-refractivity contribution >= 4 is 23.0 Å². The van der Waals surface area contributed by atoms with Gasteiger partial charge >= 0.3 is 12.3 Å². The van der Waals surface area contributed by atoms with Gasteiger partial charge in [0.2, 0.25) is 5.72 Å². The third kappa shape index (κ3) is 2.53. The molecule has 110 valence electrons. The molecule has 0 saturated heterocycles. The molecule has 4 nitrogen and oxygen atoms in total. The van der Waals surface area contributed by atoms with Gasteiger partial charge in [-0.15, -0.1) is 0 Å². The Morgan fingerprint density at radius 3 is 2.26 bits per heavy atom. The Hall–Kier alpha value is -0.960. The highest BCUT2D eigenvalue weighted by atomic mass is 32.1. The normalized spacial score (nSPS) is 24.9. The van der Waals surface area contributed by atoms with Crippen LogP contribution in [-0.2, 0) is 0 Å². The van der Waals surface area contributed by atoms with Crippen LogP contribution in [0.2, 0.25) is 0 Å². The van der Waals surface area contributed by atoms with Crippen molar-refractivity contribution in [1.29, 1.82) is 0 Å². The SMILES string of the molecule is CC(C)(C)C1=NN(C(N)=S)C(O)(C(F)(F)C(F)F)C1. The second-order valence-electron chi connectivity index (χ2n) is 5.36. The Labute approximate surface area is 113 Å². The van der Waals surface area contributed by atoms with Gasteiger partial charge in [0.25, 0.3) is 0 Å². The number of aliphatic hydroxyl groups is 1. The van der Waals surface area contributed by atoms with Crippen molar-refractivity contribution in [2.75, 3.05) is 0 Å². The third-order valence-corrected chi connectivity index (χ3v) is 3.04. The van der Waals surface area contributed by atoms with Crippen LogP contribution in [0.5, 0.6) is 0 Å². The van der Waals surface area contributed by atoms with E-state index in [1.807, 2.05) is 0 Å². The smallest absolute Gasteiger partial charge is 0.355 e. The standard InChI is InChI=1S/C10H15F4N3OS/c1-8(2,3)5-4-9(18,10(13,14)6(11)12)17(16-5)7(15)19/h6,18H,4H2,1-3H3,(H2,15,19). The van der Waals surface area contributed by atoms with Gasteiger partial charge in [0, 0.05) is 17.5 Å². The minimum absolute atomic E-state index is 0.114. The van der Waals surface area contributed by atoms with E-state index in [0.717, 1.165) is 0 Å². The molecule has 9 heteroatoms. The van der Waals surface area contributed by atoms with Crippen molar-refractivity contribution in [3.63, 3.8) is 0 Å². The van der Waals surface area contributed by atoms with E-state index < -0.39 is 35.0 Å². The van der Waals surface area contributed by atoms with Crippen LogP contribution in [0, 0.1) is 5.41 Å². The second-order valence-corrected chi connectivity index (χ2v) is 5.78. The van der Waals surface area contributed by atoms with Gasteiger partial charge in [0.05, 0.1) is 0 Å². The lowest BCUT2D eigenvalue weighted by Gasteiger charge is -2.37. The molecule has 1 unspecified atom stereocenters. The maximum absolute atomic E-state index is 13.6. The minimum atomic E-state index is -4.72. The van der Waals surface area contributed by atoms with Crippen LogP contribution in [-0.4, -0.2) is 39.0 Å². The molecule has 0 spiro atoms. The van der Waals surface area contributed by atoms with E-state index in [4.69, 9.17) is 5.73 Å². The first-order valence-corrected chi connectivity index (χ1v) is 5.81. The number of thiocarbonyl (C=S) groups is 1. The Bertz CT molecular complexity index is 421. The number of alkyl halides is 4. The molecule has 1 aliphatic rings. The summed E-state index contributed by atoms with van der Waals surface area (Å²) in [5, 5.41) is 13.2. The van der Waals surface area contributed by atoms with Crippen LogP contribution in [0.4, 0.5) is 17.6 Å². The van der Waals surface area contributed by atoms with Gasteiger partial charge in [0.15, 0.2) is 5.11 Å². The third-order valence-electron chi connectivity index (χ3n) is 2.87. The van der Waals surface area contributed by atoms with E-state index in [0.29, 0.717) is 0 Å². The summed E-state index contributed by atoms with van der Waals surface area (Å²) in [5.41, 5.74) is 1.37. The molecule has 0 fully saturated rings. The molecule has 0 aliphatic carbocycles. The predicted octanol–water partition coefficient (Wildman–Crippen LogP) is 1.93. The molecule has 1 atom stereocenters. The average Bonchev–Trinajstić information content (AvgIpc) is 2.57. The molecular formula is C10H15F4N3OS. The number of rotatable bonds is 2. The highest BCUT2D eigenvalue weighted by Crippen LogP contribution is 2.45. The Morgan fingerprint density at radius 2 is 1.95 bits per heavy atom. The lowest BCUT2D eigenvalue weighted by molar-refractivity contribution is -0.276. The lowest BCUT2D eigenvalue weighted by atomic mass is 9.84. The number of hydrogen-bond acceptors (Lipinski definition) is 3. The summed E-state index contributed by atoms with van der Waals surface area (Å²) in [6.07, 6.45) is -4.82. The average molecular weight is 301 g/mol. The van der Waals surface area contributed by atoms with Gasteiger partial charge in [-0.05, 0) is 12.2 Å². The summed E-state index contributed by atoms with van der Waals surface area (Å²) >= 11 is 4.49. The molecule has 0 saturated carbocycles. The van der Waals surface area contributed by atoms with E-state index in [1.165, 1.54) is 0 Å². The summed E-state index contributed by atoms with van der Waals surface area (Å²) in [4.78, 5) is 0. The van der Waals surface area contributed by atoms with Gasteiger partial charge in [-0.2, -0.15) is 13.9 Å². The zero-order valence-corrected chi connectivity index (χ0v) is 11.4. The van der Waals surface area contributed by atoms with Gasteiger partial charge in [-0.1, -0.05) is 20.8 Å². The Morgan fingerprint density at radius 1 is 1.47 bits per heavy atom. The molecule has 0 amide bonds. The highest BCUT2D eigenvalue weighted by molar-refractivity contribution is 7.80. The van der Waals surface area contributed by atoms with E-state index in [1.54, 1.807) is 20.8 Å². The zero-order valence-electron chi connectivity index (χ0n) is 10.6. The molecule has 0 radical (unpaired) electrons. The van der Waals surface area contributed by atoms with E-state index in [-0.39, 0.29) is 10.7 Å². The first kappa shape index (κ1) is 16.1. The van der Waals surface area contributed by atoms with E-state index >= 15 is 0 Å². The first-order chi connectivity index (χ1) is 8.34. The number of halogens is 4. The van der Waals surface area contributed by atoms with Crippen molar-refractivity contribution in [2.45, 2.75) is 45.3 Å². The van der Waals surface area contributed by atoms with Crippen LogP contribution < -0.4 is 5.73 Å². The van der Waals surface area contributed by atoms with Crippen molar-refractivity contribution in [2.24, 2.45) is 16.3 Å². The maximum Gasteiger partial charge on any atom is 0.355 e. The van der Waals surface area contributed by atoms with Crippen LogP contribution in [0.1, 0.15) is 27.2 Å². The van der Waals surface area contributed by atoms with Crippen molar-refractivity contribution < 1.29 is 22.7 Å². The first-order valence-electron chi connectivity index (χ1n) is 5.40. The monoisotopic (exact) mass is 301 g/mol. The summed E-state index contributed by atoms with van der Waals surface area (Å²) in [5.74, 6) is -4.72. The molecule has 1 heterocycles. The zero-order chi connectivity index (χ0) is 15.2. The van der Waals surface area contributed by atoms with E-state index in [9.17, 15) is 22.7 Å². The molecule has 0 aromatic heterocycles. The fraction of sp³-hybridized carbons (Fsp3) is 0.800. The molecule has 0 aromatic rings. The van der Waals surface area contributed by atoms with E-state index in [2.05, 4.69) is 17.3 Å². The van der Waals surface area contributed by atoms with Crippen molar-refractivity contribution in [3.05, 3.63) is 0 Å². The molecule has 3 N–H and O–H groups in total. The van der Waals surface area contributed by atoms with Crippen molar-refractivity contribution in [3.8, 4) is 0 Å². The second kappa shape index (κ2) is 4.55. The Kier molecular flexibility index (Phi) is 3.85. The largest absolute Gasteiger partial charge is 0.375 e. The molecule has 19 heavy (non-hydrogen) atoms. The van der Waals surface area contributed by atoms with Crippen molar-refractivity contribution in [1.82, 2.24) is 5.01 Å². The van der Waals surface area contributed by atoms with Crippen LogP contribution in [0.3, 0.4) is 0 Å². The molecule has 0 bridgehead atoms. The van der Waals surface area contributed by atoms with Gasteiger partial charge in [-0.3, -0.25) is 0 Å². The fourth-order valence-electron chi connectivity index (χ4n) is 1.63. The molecule has 1 rings (SSSR count).